The van der Waals surface area contributed by atoms with Gasteiger partial charge in [0.15, 0.2) is 12.6 Å². The zero-order chi connectivity index (χ0) is 28.9. The maximum absolute atomic E-state index is 11.4. The Bertz CT molecular complexity index is 760. The zero-order valence-electron chi connectivity index (χ0n) is 25.9. The van der Waals surface area contributed by atoms with Gasteiger partial charge in [-0.05, 0) is 82.0 Å². The van der Waals surface area contributed by atoms with Crippen molar-refractivity contribution in [1.82, 2.24) is 0 Å². The molecule has 2 aliphatic carbocycles. The monoisotopic (exact) mass is 578 g/mol. The second kappa shape index (κ2) is 18.0. The van der Waals surface area contributed by atoms with Crippen molar-refractivity contribution >= 4 is 5.97 Å². The van der Waals surface area contributed by atoms with E-state index in [-0.39, 0.29) is 48.7 Å². The van der Waals surface area contributed by atoms with Gasteiger partial charge in [0.1, 0.15) is 0 Å². The first-order chi connectivity index (χ1) is 20.1. The summed E-state index contributed by atoms with van der Waals surface area (Å²) in [7, 11) is 1.45. The molecule has 236 valence electrons. The number of carbonyl (C=O) groups excluding carboxylic acids is 1. The number of ether oxygens (including phenoxy) is 5. The molecule has 4 fully saturated rings. The zero-order valence-corrected chi connectivity index (χ0v) is 25.9. The fourth-order valence-corrected chi connectivity index (χ4v) is 7.57. The molecule has 2 heterocycles. The van der Waals surface area contributed by atoms with Gasteiger partial charge in [-0.15, -0.1) is 0 Å². The minimum absolute atomic E-state index is 0.0377. The molecule has 9 atom stereocenters. The van der Waals surface area contributed by atoms with E-state index in [1.165, 1.54) is 39.2 Å². The second-order valence-corrected chi connectivity index (χ2v) is 13.0. The van der Waals surface area contributed by atoms with Crippen molar-refractivity contribution in [1.29, 1.82) is 0 Å². The number of unbranched alkanes of at least 4 members (excludes halogenated alkanes) is 3. The third-order valence-electron chi connectivity index (χ3n) is 10.1. The number of rotatable bonds is 15. The third-order valence-corrected chi connectivity index (χ3v) is 10.1. The normalized spacial score (nSPS) is 35.5. The van der Waals surface area contributed by atoms with Crippen LogP contribution in [-0.4, -0.2) is 62.3 Å². The number of aliphatic hydroxyl groups excluding tert-OH is 1. The highest BCUT2D eigenvalue weighted by molar-refractivity contribution is 5.68. The third kappa shape index (κ3) is 10.6. The number of methoxy groups -OCH3 is 1. The van der Waals surface area contributed by atoms with Crippen LogP contribution in [0.2, 0.25) is 0 Å². The lowest BCUT2D eigenvalue weighted by molar-refractivity contribution is -0.194. The lowest BCUT2D eigenvalue weighted by atomic mass is 9.77. The second-order valence-electron chi connectivity index (χ2n) is 13.0. The molecule has 2 aliphatic heterocycles. The van der Waals surface area contributed by atoms with Gasteiger partial charge in [-0.1, -0.05) is 57.6 Å². The van der Waals surface area contributed by atoms with Crippen LogP contribution < -0.4 is 0 Å². The summed E-state index contributed by atoms with van der Waals surface area (Å²) in [5.74, 6) is 1.44. The first-order valence-corrected chi connectivity index (χ1v) is 17.0. The van der Waals surface area contributed by atoms with Crippen LogP contribution in [0.3, 0.4) is 0 Å². The molecule has 2 saturated carbocycles. The van der Waals surface area contributed by atoms with Crippen LogP contribution in [-0.2, 0) is 28.5 Å². The summed E-state index contributed by atoms with van der Waals surface area (Å²) < 4.78 is 30.0. The number of carbonyl (C=O) groups is 1. The Morgan fingerprint density at radius 3 is 2.39 bits per heavy atom. The molecule has 0 amide bonds. The quantitative estimate of drug-likeness (QED) is 0.126. The summed E-state index contributed by atoms with van der Waals surface area (Å²) in [6.45, 7) is 3.86. The van der Waals surface area contributed by atoms with Gasteiger partial charge in [-0.3, -0.25) is 4.79 Å². The van der Waals surface area contributed by atoms with Crippen LogP contribution in [0.4, 0.5) is 0 Å². The molecule has 0 spiro atoms. The average molecular weight is 579 g/mol. The smallest absolute Gasteiger partial charge is 0.305 e. The van der Waals surface area contributed by atoms with Crippen LogP contribution in [0.25, 0.3) is 0 Å². The highest BCUT2D eigenvalue weighted by atomic mass is 16.7. The minimum Gasteiger partial charge on any atom is -0.469 e. The Balaban J connectivity index is 1.43. The molecule has 4 aliphatic rings. The summed E-state index contributed by atoms with van der Waals surface area (Å²) in [6, 6.07) is 0. The van der Waals surface area contributed by atoms with Crippen molar-refractivity contribution < 1.29 is 33.6 Å². The number of hydrogen-bond acceptors (Lipinski definition) is 7. The molecule has 41 heavy (non-hydrogen) atoms. The van der Waals surface area contributed by atoms with E-state index in [2.05, 4.69) is 19.1 Å². The molecule has 1 N–H and O–H groups in total. The van der Waals surface area contributed by atoms with E-state index in [0.717, 1.165) is 89.8 Å². The Morgan fingerprint density at radius 1 is 0.927 bits per heavy atom. The predicted molar refractivity (Wildman–Crippen MR) is 159 cm³/mol. The van der Waals surface area contributed by atoms with Gasteiger partial charge < -0.3 is 28.8 Å². The fraction of sp³-hybridized carbons (Fsp3) is 0.912. The molecule has 0 aromatic rings. The Labute approximate surface area is 249 Å². The molecule has 4 rings (SSSR count). The van der Waals surface area contributed by atoms with Gasteiger partial charge in [0, 0.05) is 32.0 Å². The standard InChI is InChI=1S/C34H58O7/c1-3-25-13-12-14-26(23-25)30(40-33-17-8-10-21-38-33)20-19-28-27(15-6-4-5-7-16-32(36)37-2)29(35)24-31(28)41-34-18-9-11-22-39-34/h19-20,25-31,33-35H,3-18,21-24H2,1-2H3/t25?,26?,27-,28-,29+,30-,31-,33?,34?/m1/s1. The summed E-state index contributed by atoms with van der Waals surface area (Å²) in [4.78, 5) is 11.4. The van der Waals surface area contributed by atoms with E-state index in [9.17, 15) is 9.90 Å². The topological polar surface area (TPSA) is 83.5 Å². The van der Waals surface area contributed by atoms with E-state index in [1.54, 1.807) is 0 Å². The number of hydrogen-bond donors (Lipinski definition) is 1. The maximum Gasteiger partial charge on any atom is 0.305 e. The van der Waals surface area contributed by atoms with E-state index >= 15 is 0 Å². The first-order valence-electron chi connectivity index (χ1n) is 17.0. The maximum atomic E-state index is 11.4. The van der Waals surface area contributed by atoms with Gasteiger partial charge in [-0.25, -0.2) is 0 Å². The van der Waals surface area contributed by atoms with Gasteiger partial charge in [0.05, 0.1) is 25.4 Å². The molecular weight excluding hydrogens is 520 g/mol. The molecule has 0 aromatic heterocycles. The number of esters is 1. The van der Waals surface area contributed by atoms with E-state index in [4.69, 9.17) is 23.7 Å². The highest BCUT2D eigenvalue weighted by Crippen LogP contribution is 2.41. The van der Waals surface area contributed by atoms with Crippen molar-refractivity contribution in [3.8, 4) is 0 Å². The SMILES string of the molecule is CCC1CCCC([C@@H](C=C[C@@H]2[C@@H](CCCCCCC(=O)OC)[C@@H](O)C[C@H]2OC2CCCCO2)OC2CCCCO2)C1. The van der Waals surface area contributed by atoms with Crippen molar-refractivity contribution in [2.75, 3.05) is 20.3 Å². The van der Waals surface area contributed by atoms with Gasteiger partial charge >= 0.3 is 5.97 Å². The van der Waals surface area contributed by atoms with Crippen LogP contribution in [0.5, 0.6) is 0 Å². The Kier molecular flexibility index (Phi) is 14.4. The Hall–Kier alpha value is -0.990. The van der Waals surface area contributed by atoms with Gasteiger partial charge in [-0.2, -0.15) is 0 Å². The molecule has 0 aromatic carbocycles. The van der Waals surface area contributed by atoms with Crippen molar-refractivity contribution in [2.24, 2.45) is 23.7 Å². The summed E-state index contributed by atoms with van der Waals surface area (Å²) in [6.07, 6.45) is 22.7. The van der Waals surface area contributed by atoms with E-state index in [0.29, 0.717) is 18.8 Å². The van der Waals surface area contributed by atoms with Gasteiger partial charge in [0.25, 0.3) is 0 Å². The summed E-state index contributed by atoms with van der Waals surface area (Å²) >= 11 is 0. The molecule has 0 bridgehead atoms. The average Bonchev–Trinajstić information content (AvgIpc) is 3.30. The first kappa shape index (κ1) is 32.9. The molecular formula is C34H58O7. The van der Waals surface area contributed by atoms with E-state index < -0.39 is 0 Å². The fourth-order valence-electron chi connectivity index (χ4n) is 7.57. The molecule has 0 radical (unpaired) electrons. The minimum atomic E-state index is -0.381. The van der Waals surface area contributed by atoms with Crippen molar-refractivity contribution in [3.63, 3.8) is 0 Å². The molecule has 7 nitrogen and oxygen atoms in total. The van der Waals surface area contributed by atoms with Crippen LogP contribution >= 0.6 is 0 Å². The van der Waals surface area contributed by atoms with E-state index in [1.807, 2.05) is 0 Å². The summed E-state index contributed by atoms with van der Waals surface area (Å²) in [5.41, 5.74) is 0. The largest absolute Gasteiger partial charge is 0.469 e. The molecule has 4 unspecified atom stereocenters. The lowest BCUT2D eigenvalue weighted by Crippen LogP contribution is -2.34. The van der Waals surface area contributed by atoms with Crippen LogP contribution in [0.1, 0.15) is 122 Å². The molecule has 7 heteroatoms. The van der Waals surface area contributed by atoms with Crippen molar-refractivity contribution in [2.45, 2.75) is 153 Å². The highest BCUT2D eigenvalue weighted by Gasteiger charge is 2.43. The predicted octanol–water partition coefficient (Wildman–Crippen LogP) is 7.09. The summed E-state index contributed by atoms with van der Waals surface area (Å²) in [5, 5.41) is 11.2. The molecule has 2 saturated heterocycles. The lowest BCUT2D eigenvalue weighted by Gasteiger charge is -2.36. The van der Waals surface area contributed by atoms with Crippen LogP contribution in [0.15, 0.2) is 12.2 Å². The van der Waals surface area contributed by atoms with Gasteiger partial charge in [0.2, 0.25) is 0 Å². The number of aliphatic hydroxyl groups is 1. The van der Waals surface area contributed by atoms with Crippen LogP contribution in [0, 0.1) is 23.7 Å². The Morgan fingerprint density at radius 2 is 1.68 bits per heavy atom. The van der Waals surface area contributed by atoms with Crippen molar-refractivity contribution in [3.05, 3.63) is 12.2 Å².